The van der Waals surface area contributed by atoms with Crippen LogP contribution in [0.2, 0.25) is 5.02 Å². The Bertz CT molecular complexity index is 605. The van der Waals surface area contributed by atoms with Crippen LogP contribution in [0, 0.1) is 6.92 Å². The van der Waals surface area contributed by atoms with E-state index in [1.165, 1.54) is 0 Å². The molecule has 118 valence electrons. The van der Waals surface area contributed by atoms with Crippen LogP contribution < -0.4 is 4.74 Å². The van der Waals surface area contributed by atoms with Crippen LogP contribution in [0.1, 0.15) is 18.5 Å². The topological polar surface area (TPSA) is 30.3 Å². The minimum Gasteiger partial charge on any atom is -0.490 e. The van der Waals surface area contributed by atoms with Crippen molar-refractivity contribution >= 4 is 11.6 Å². The first-order valence-corrected chi connectivity index (χ1v) is 8.21. The van der Waals surface area contributed by atoms with Crippen molar-refractivity contribution in [2.45, 2.75) is 32.4 Å². The lowest BCUT2D eigenvalue weighted by molar-refractivity contribution is 0.0980. The quantitative estimate of drug-likeness (QED) is 0.846. The predicted molar refractivity (Wildman–Crippen MR) is 88.5 cm³/mol. The van der Waals surface area contributed by atoms with Gasteiger partial charge in [-0.15, -0.1) is 0 Å². The van der Waals surface area contributed by atoms with E-state index in [9.17, 15) is 0 Å². The molecule has 1 aromatic carbocycles. The fourth-order valence-corrected chi connectivity index (χ4v) is 3.00. The van der Waals surface area contributed by atoms with Gasteiger partial charge < -0.3 is 9.64 Å². The Hall–Kier alpha value is -1.52. The van der Waals surface area contributed by atoms with Gasteiger partial charge in [0.1, 0.15) is 11.9 Å². The Kier molecular flexibility index (Phi) is 5.01. The summed E-state index contributed by atoms with van der Waals surface area (Å²) in [4.78, 5) is 2.48. The van der Waals surface area contributed by atoms with Crippen molar-refractivity contribution < 1.29 is 4.74 Å². The number of nitrogens with zero attached hydrogens (tertiary/aromatic N) is 3. The lowest BCUT2D eigenvalue weighted by Crippen LogP contribution is -2.39. The minimum absolute atomic E-state index is 0.293. The van der Waals surface area contributed by atoms with Crippen LogP contribution in [0.5, 0.6) is 5.75 Å². The molecule has 1 saturated heterocycles. The summed E-state index contributed by atoms with van der Waals surface area (Å²) < 4.78 is 8.04. The van der Waals surface area contributed by atoms with E-state index in [1.807, 2.05) is 48.1 Å². The third-order valence-corrected chi connectivity index (χ3v) is 4.29. The Morgan fingerprint density at radius 1 is 1.23 bits per heavy atom. The van der Waals surface area contributed by atoms with Gasteiger partial charge in [0.15, 0.2) is 0 Å². The fraction of sp³-hybridized carbons (Fsp3) is 0.471. The number of benzene rings is 1. The molecule has 4 nitrogen and oxygen atoms in total. The molecule has 1 aliphatic rings. The molecular weight excluding hydrogens is 298 g/mol. The number of aryl methyl sites for hydroxylation is 1. The molecule has 1 aliphatic heterocycles. The number of halogens is 1. The summed E-state index contributed by atoms with van der Waals surface area (Å²) in [6.45, 7) is 6.17. The first-order valence-electron chi connectivity index (χ1n) is 7.84. The van der Waals surface area contributed by atoms with Gasteiger partial charge in [-0.3, -0.25) is 4.68 Å². The lowest BCUT2D eigenvalue weighted by Gasteiger charge is -2.32. The van der Waals surface area contributed by atoms with Crippen molar-refractivity contribution in [1.29, 1.82) is 0 Å². The summed E-state index contributed by atoms with van der Waals surface area (Å²) in [5.41, 5.74) is 1.08. The number of hydrogen-bond acceptors (Lipinski definition) is 3. The number of rotatable bonds is 5. The Labute approximate surface area is 136 Å². The first-order chi connectivity index (χ1) is 10.7. The molecular formula is C17H22ClN3O. The molecule has 0 unspecified atom stereocenters. The summed E-state index contributed by atoms with van der Waals surface area (Å²) in [5.74, 6) is 0.873. The molecule has 1 fully saturated rings. The SMILES string of the molecule is Cc1ccn(CCN2CCC(Oc3cccc(Cl)c3)CC2)n1. The Morgan fingerprint density at radius 3 is 2.73 bits per heavy atom. The van der Waals surface area contributed by atoms with Crippen LogP contribution in [-0.2, 0) is 6.54 Å². The molecule has 22 heavy (non-hydrogen) atoms. The second kappa shape index (κ2) is 7.16. The Balaban J connectivity index is 1.42. The molecule has 2 aromatic rings. The summed E-state index contributed by atoms with van der Waals surface area (Å²) in [6, 6.07) is 9.70. The number of hydrogen-bond donors (Lipinski definition) is 0. The summed E-state index contributed by atoms with van der Waals surface area (Å²) >= 11 is 5.99. The molecule has 5 heteroatoms. The third-order valence-electron chi connectivity index (χ3n) is 4.05. The maximum absolute atomic E-state index is 6.02. The van der Waals surface area contributed by atoms with Gasteiger partial charge >= 0.3 is 0 Å². The molecule has 0 radical (unpaired) electrons. The first kappa shape index (κ1) is 15.4. The van der Waals surface area contributed by atoms with Crippen molar-refractivity contribution in [3.8, 4) is 5.75 Å². The number of likely N-dealkylation sites (tertiary alicyclic amines) is 1. The van der Waals surface area contributed by atoms with Gasteiger partial charge in [0, 0.05) is 30.9 Å². The van der Waals surface area contributed by atoms with E-state index < -0.39 is 0 Å². The lowest BCUT2D eigenvalue weighted by atomic mass is 10.1. The van der Waals surface area contributed by atoms with Crippen LogP contribution in [0.3, 0.4) is 0 Å². The van der Waals surface area contributed by atoms with Crippen LogP contribution >= 0.6 is 11.6 Å². The molecule has 0 amide bonds. The molecule has 0 atom stereocenters. The van der Waals surface area contributed by atoms with Crippen molar-refractivity contribution in [3.63, 3.8) is 0 Å². The molecule has 0 aliphatic carbocycles. The number of ether oxygens (including phenoxy) is 1. The maximum atomic E-state index is 6.02. The van der Waals surface area contributed by atoms with Crippen LogP contribution in [-0.4, -0.2) is 40.4 Å². The van der Waals surface area contributed by atoms with E-state index in [0.29, 0.717) is 6.10 Å². The summed E-state index contributed by atoms with van der Waals surface area (Å²) in [6.07, 6.45) is 4.46. The van der Waals surface area contributed by atoms with Gasteiger partial charge in [0.05, 0.1) is 12.2 Å². The summed E-state index contributed by atoms with van der Waals surface area (Å²) in [7, 11) is 0. The van der Waals surface area contributed by atoms with Crippen LogP contribution in [0.25, 0.3) is 0 Å². The van der Waals surface area contributed by atoms with Crippen molar-refractivity contribution in [2.24, 2.45) is 0 Å². The van der Waals surface area contributed by atoms with Crippen LogP contribution in [0.4, 0.5) is 0 Å². The average Bonchev–Trinajstić information content (AvgIpc) is 2.92. The zero-order valence-electron chi connectivity index (χ0n) is 12.9. The Morgan fingerprint density at radius 2 is 2.05 bits per heavy atom. The zero-order chi connectivity index (χ0) is 15.4. The summed E-state index contributed by atoms with van der Waals surface area (Å²) in [5, 5.41) is 5.15. The molecule has 0 N–H and O–H groups in total. The molecule has 1 aromatic heterocycles. The van der Waals surface area contributed by atoms with Crippen LogP contribution in [0.15, 0.2) is 36.5 Å². The minimum atomic E-state index is 0.293. The smallest absolute Gasteiger partial charge is 0.121 e. The highest BCUT2D eigenvalue weighted by atomic mass is 35.5. The van der Waals surface area contributed by atoms with E-state index in [4.69, 9.17) is 16.3 Å². The number of aromatic nitrogens is 2. The standard InChI is InChI=1S/C17H22ClN3O/c1-14-5-10-21(19-14)12-11-20-8-6-16(7-9-20)22-17-4-2-3-15(18)13-17/h2-5,10,13,16H,6-9,11-12H2,1H3. The van der Waals surface area contributed by atoms with E-state index in [2.05, 4.69) is 10.00 Å². The van der Waals surface area contributed by atoms with Gasteiger partial charge in [-0.25, -0.2) is 0 Å². The maximum Gasteiger partial charge on any atom is 0.121 e. The van der Waals surface area contributed by atoms with Gasteiger partial charge in [-0.05, 0) is 44.0 Å². The highest BCUT2D eigenvalue weighted by Gasteiger charge is 2.20. The average molecular weight is 320 g/mol. The molecule has 2 heterocycles. The van der Waals surface area contributed by atoms with Crippen molar-refractivity contribution in [1.82, 2.24) is 14.7 Å². The highest BCUT2D eigenvalue weighted by molar-refractivity contribution is 6.30. The van der Waals surface area contributed by atoms with Gasteiger partial charge in [0.25, 0.3) is 0 Å². The zero-order valence-corrected chi connectivity index (χ0v) is 13.7. The van der Waals surface area contributed by atoms with Gasteiger partial charge in [-0.2, -0.15) is 5.10 Å². The molecule has 0 saturated carbocycles. The second-order valence-corrected chi connectivity index (χ2v) is 6.27. The number of piperidine rings is 1. The van der Waals surface area contributed by atoms with E-state index in [-0.39, 0.29) is 0 Å². The molecule has 0 bridgehead atoms. The van der Waals surface area contributed by atoms with Gasteiger partial charge in [-0.1, -0.05) is 17.7 Å². The second-order valence-electron chi connectivity index (χ2n) is 5.84. The molecule has 3 rings (SSSR count). The monoisotopic (exact) mass is 319 g/mol. The van der Waals surface area contributed by atoms with Crippen molar-refractivity contribution in [2.75, 3.05) is 19.6 Å². The largest absolute Gasteiger partial charge is 0.490 e. The fourth-order valence-electron chi connectivity index (χ4n) is 2.82. The third kappa shape index (κ3) is 4.24. The normalized spacial score (nSPS) is 16.8. The van der Waals surface area contributed by atoms with E-state index in [0.717, 1.165) is 55.5 Å². The van der Waals surface area contributed by atoms with E-state index in [1.54, 1.807) is 0 Å². The van der Waals surface area contributed by atoms with Gasteiger partial charge in [0.2, 0.25) is 0 Å². The predicted octanol–water partition coefficient (Wildman–Crippen LogP) is 3.39. The van der Waals surface area contributed by atoms with E-state index >= 15 is 0 Å². The van der Waals surface area contributed by atoms with Crippen molar-refractivity contribution in [3.05, 3.63) is 47.2 Å². The molecule has 0 spiro atoms. The highest BCUT2D eigenvalue weighted by Crippen LogP contribution is 2.22.